The molecule has 0 spiro atoms. The molecule has 0 aromatic heterocycles. The van der Waals surface area contributed by atoms with Crippen LogP contribution in [0.5, 0.6) is 0 Å². The SMILES string of the molecule is CC(=O)OCC1=C(C(=O)OC(c2ccccc2)c2ccccc2)N2C(=O)[C@@H](NC(=O)CCCC(=O)OC(c3ccccc3)c3ccccc3)[C@@H]2SC1. The molecule has 2 aliphatic heterocycles. The quantitative estimate of drug-likeness (QED) is 0.0943. The molecule has 2 heterocycles. The van der Waals surface area contributed by atoms with E-state index in [2.05, 4.69) is 5.32 Å². The number of ether oxygens (including phenoxy) is 3. The number of thioether (sulfide) groups is 1. The molecule has 0 aliphatic carbocycles. The van der Waals surface area contributed by atoms with Crippen molar-refractivity contribution in [3.05, 3.63) is 155 Å². The number of esters is 3. The van der Waals surface area contributed by atoms with Gasteiger partial charge in [0, 0.05) is 31.1 Å². The first-order valence-corrected chi connectivity index (χ1v) is 18.0. The summed E-state index contributed by atoms with van der Waals surface area (Å²) in [5, 5.41) is 2.21. The van der Waals surface area contributed by atoms with Gasteiger partial charge < -0.3 is 19.5 Å². The third-order valence-corrected chi connectivity index (χ3v) is 10.0. The summed E-state index contributed by atoms with van der Waals surface area (Å²) >= 11 is 1.35. The van der Waals surface area contributed by atoms with Gasteiger partial charge in [-0.2, -0.15) is 0 Å². The number of rotatable bonds is 14. The summed E-state index contributed by atoms with van der Waals surface area (Å²) in [6.45, 7) is 1.08. The van der Waals surface area contributed by atoms with Gasteiger partial charge in [-0.05, 0) is 28.7 Å². The van der Waals surface area contributed by atoms with Crippen molar-refractivity contribution in [3.8, 4) is 0 Å². The van der Waals surface area contributed by atoms with Crippen molar-refractivity contribution in [1.29, 1.82) is 0 Å². The fourth-order valence-corrected chi connectivity index (χ4v) is 7.46. The number of nitrogens with one attached hydrogen (secondary N) is 1. The first-order valence-electron chi connectivity index (χ1n) is 17.0. The van der Waals surface area contributed by atoms with E-state index < -0.39 is 53.3 Å². The number of amides is 2. The van der Waals surface area contributed by atoms with Crippen LogP contribution in [-0.4, -0.2) is 58.4 Å². The van der Waals surface area contributed by atoms with E-state index in [0.29, 0.717) is 5.57 Å². The maximum atomic E-state index is 14.0. The normalized spacial score (nSPS) is 16.5. The number of nitrogens with zero attached hydrogens (tertiary/aromatic N) is 1. The van der Waals surface area contributed by atoms with Gasteiger partial charge in [0.15, 0.2) is 12.2 Å². The number of carbonyl (C=O) groups is 5. The summed E-state index contributed by atoms with van der Waals surface area (Å²) in [4.78, 5) is 66.5. The summed E-state index contributed by atoms with van der Waals surface area (Å²) in [6.07, 6.45) is -1.13. The van der Waals surface area contributed by atoms with Gasteiger partial charge in [-0.1, -0.05) is 121 Å². The lowest BCUT2D eigenvalue weighted by Gasteiger charge is -2.49. The summed E-state index contributed by atoms with van der Waals surface area (Å²) in [5.74, 6) is -2.33. The first-order chi connectivity index (χ1) is 25.3. The monoisotopic (exact) mass is 718 g/mol. The zero-order chi connectivity index (χ0) is 36.5. The molecule has 0 bridgehead atoms. The molecule has 52 heavy (non-hydrogen) atoms. The molecule has 2 amide bonds. The topological polar surface area (TPSA) is 128 Å². The molecule has 1 N–H and O–H groups in total. The number of β-lactam (4-membered cyclic amide) rings is 1. The van der Waals surface area contributed by atoms with Crippen LogP contribution in [0.2, 0.25) is 0 Å². The zero-order valence-electron chi connectivity index (χ0n) is 28.5. The highest BCUT2D eigenvalue weighted by molar-refractivity contribution is 8.00. The summed E-state index contributed by atoms with van der Waals surface area (Å²) < 4.78 is 17.2. The van der Waals surface area contributed by atoms with Crippen LogP contribution in [0.25, 0.3) is 0 Å². The molecule has 2 aliphatic rings. The highest BCUT2D eigenvalue weighted by Gasteiger charge is 2.54. The highest BCUT2D eigenvalue weighted by Crippen LogP contribution is 2.42. The third kappa shape index (κ3) is 8.60. The van der Waals surface area contributed by atoms with E-state index in [0.717, 1.165) is 22.3 Å². The van der Waals surface area contributed by atoms with Crippen LogP contribution in [0, 0.1) is 0 Å². The molecule has 4 aromatic carbocycles. The predicted octanol–water partition coefficient (Wildman–Crippen LogP) is 6.04. The lowest BCUT2D eigenvalue weighted by molar-refractivity contribution is -0.155. The second kappa shape index (κ2) is 17.0. The van der Waals surface area contributed by atoms with Crippen molar-refractivity contribution in [2.24, 2.45) is 0 Å². The van der Waals surface area contributed by atoms with Crippen molar-refractivity contribution in [3.63, 3.8) is 0 Å². The second-order valence-electron chi connectivity index (χ2n) is 12.3. The molecular formula is C41H38N2O8S. The molecule has 10 nitrogen and oxygen atoms in total. The average Bonchev–Trinajstić information content (AvgIpc) is 3.18. The Bertz CT molecular complexity index is 1840. The minimum atomic E-state index is -0.887. The Labute approximate surface area is 306 Å². The van der Waals surface area contributed by atoms with E-state index >= 15 is 0 Å². The van der Waals surface area contributed by atoms with Crippen molar-refractivity contribution < 1.29 is 38.2 Å². The van der Waals surface area contributed by atoms with Crippen molar-refractivity contribution in [1.82, 2.24) is 10.2 Å². The smallest absolute Gasteiger partial charge is 0.356 e. The van der Waals surface area contributed by atoms with Crippen molar-refractivity contribution in [2.45, 2.75) is 49.8 Å². The number of hydrogen-bond donors (Lipinski definition) is 1. The number of benzene rings is 4. The molecule has 4 aromatic rings. The van der Waals surface area contributed by atoms with Gasteiger partial charge in [0.1, 0.15) is 23.7 Å². The van der Waals surface area contributed by atoms with Crippen LogP contribution >= 0.6 is 11.8 Å². The second-order valence-corrected chi connectivity index (χ2v) is 13.4. The number of hydrogen-bond acceptors (Lipinski definition) is 9. The number of carbonyl (C=O) groups excluding carboxylic acids is 5. The summed E-state index contributed by atoms with van der Waals surface area (Å²) in [6, 6.07) is 36.5. The van der Waals surface area contributed by atoms with Gasteiger partial charge in [-0.25, -0.2) is 4.79 Å². The van der Waals surface area contributed by atoms with Gasteiger partial charge >= 0.3 is 17.9 Å². The van der Waals surface area contributed by atoms with E-state index in [1.165, 1.54) is 23.6 Å². The van der Waals surface area contributed by atoms with E-state index in [-0.39, 0.29) is 37.3 Å². The third-order valence-electron chi connectivity index (χ3n) is 8.67. The van der Waals surface area contributed by atoms with E-state index in [1.54, 1.807) is 0 Å². The Kier molecular flexibility index (Phi) is 11.8. The average molecular weight is 719 g/mol. The lowest BCUT2D eigenvalue weighted by Crippen LogP contribution is -2.70. The van der Waals surface area contributed by atoms with Crippen LogP contribution in [0.1, 0.15) is 60.6 Å². The number of fused-ring (bicyclic) bond motifs is 1. The van der Waals surface area contributed by atoms with Crippen LogP contribution in [-0.2, 0) is 38.2 Å². The van der Waals surface area contributed by atoms with Gasteiger partial charge in [-0.3, -0.25) is 24.1 Å². The molecule has 6 rings (SSSR count). The van der Waals surface area contributed by atoms with Crippen LogP contribution in [0.15, 0.2) is 133 Å². The van der Waals surface area contributed by atoms with Crippen LogP contribution in [0.4, 0.5) is 0 Å². The molecular weight excluding hydrogens is 681 g/mol. The van der Waals surface area contributed by atoms with Gasteiger partial charge in [0.05, 0.1) is 0 Å². The van der Waals surface area contributed by atoms with E-state index in [9.17, 15) is 24.0 Å². The molecule has 266 valence electrons. The van der Waals surface area contributed by atoms with Crippen LogP contribution < -0.4 is 5.32 Å². The fraction of sp³-hybridized carbons (Fsp3) is 0.244. The first kappa shape index (κ1) is 36.1. The Balaban J connectivity index is 1.09. The minimum Gasteiger partial charge on any atom is -0.461 e. The van der Waals surface area contributed by atoms with Gasteiger partial charge in [0.25, 0.3) is 5.91 Å². The van der Waals surface area contributed by atoms with E-state index in [1.807, 2.05) is 121 Å². The maximum absolute atomic E-state index is 14.0. The zero-order valence-corrected chi connectivity index (χ0v) is 29.3. The molecule has 11 heteroatoms. The summed E-state index contributed by atoms with van der Waals surface area (Å²) in [7, 11) is 0. The van der Waals surface area contributed by atoms with Crippen molar-refractivity contribution in [2.75, 3.05) is 12.4 Å². The van der Waals surface area contributed by atoms with Crippen molar-refractivity contribution >= 4 is 41.5 Å². The predicted molar refractivity (Wildman–Crippen MR) is 194 cm³/mol. The Morgan fingerprint density at radius 2 is 1.21 bits per heavy atom. The molecule has 1 saturated heterocycles. The standard InChI is InChI=1S/C41H38N2O8S/c1-27(44)49-25-32-26-52-40-35(39(47)43(40)36(32)41(48)51-38(30-19-10-4-11-20-30)31-21-12-5-13-22-31)42-33(45)23-14-24-34(46)50-37(28-15-6-2-7-16-28)29-17-8-3-9-18-29/h2-13,15-22,35,37-38,40H,14,23-26H2,1H3,(H,42,45)/t35-,40+/m1/s1. The molecule has 0 saturated carbocycles. The maximum Gasteiger partial charge on any atom is 0.356 e. The highest BCUT2D eigenvalue weighted by atomic mass is 32.2. The molecule has 0 unspecified atom stereocenters. The Hall–Kier alpha value is -5.68. The van der Waals surface area contributed by atoms with Gasteiger partial charge in [-0.15, -0.1) is 11.8 Å². The van der Waals surface area contributed by atoms with Gasteiger partial charge in [0.2, 0.25) is 5.91 Å². The fourth-order valence-electron chi connectivity index (χ4n) is 6.13. The Morgan fingerprint density at radius 3 is 1.69 bits per heavy atom. The molecule has 1 fully saturated rings. The molecule has 2 atom stereocenters. The summed E-state index contributed by atoms with van der Waals surface area (Å²) in [5.41, 5.74) is 3.59. The molecule has 0 radical (unpaired) electrons. The largest absolute Gasteiger partial charge is 0.461 e. The lowest BCUT2D eigenvalue weighted by atomic mass is 10.0. The minimum absolute atomic E-state index is 0.00409. The Morgan fingerprint density at radius 1 is 0.731 bits per heavy atom. The van der Waals surface area contributed by atoms with E-state index in [4.69, 9.17) is 14.2 Å². The van der Waals surface area contributed by atoms with Crippen LogP contribution in [0.3, 0.4) is 0 Å².